The van der Waals surface area contributed by atoms with E-state index in [9.17, 15) is 18.0 Å². The van der Waals surface area contributed by atoms with Crippen LogP contribution < -0.4 is 10.2 Å². The third-order valence-corrected chi connectivity index (χ3v) is 7.35. The van der Waals surface area contributed by atoms with Gasteiger partial charge in [-0.15, -0.1) is 0 Å². The van der Waals surface area contributed by atoms with Crippen LogP contribution in [0.2, 0.25) is 0 Å². The van der Waals surface area contributed by atoms with Crippen LogP contribution in [0, 0.1) is 13.8 Å². The van der Waals surface area contributed by atoms with E-state index in [2.05, 4.69) is 5.32 Å². The van der Waals surface area contributed by atoms with Gasteiger partial charge in [0.25, 0.3) is 0 Å². The van der Waals surface area contributed by atoms with E-state index in [-0.39, 0.29) is 25.0 Å². The van der Waals surface area contributed by atoms with Crippen LogP contribution in [0.5, 0.6) is 0 Å². The fourth-order valence-corrected chi connectivity index (χ4v) is 5.48. The van der Waals surface area contributed by atoms with Gasteiger partial charge in [-0.25, -0.2) is 8.42 Å². The summed E-state index contributed by atoms with van der Waals surface area (Å²) in [7, 11) is -3.62. The van der Waals surface area contributed by atoms with E-state index in [0.717, 1.165) is 47.4 Å². The molecule has 2 fully saturated rings. The second-order valence-electron chi connectivity index (χ2n) is 9.04. The highest BCUT2D eigenvalue weighted by atomic mass is 32.2. The highest BCUT2D eigenvalue weighted by molar-refractivity contribution is 7.88. The quantitative estimate of drug-likeness (QED) is 0.736. The Labute approximate surface area is 179 Å². The van der Waals surface area contributed by atoms with E-state index in [0.29, 0.717) is 5.69 Å². The molecule has 1 aliphatic heterocycles. The number of carbonyl (C=O) groups is 2. The molecular weight excluding hydrogens is 402 g/mol. The monoisotopic (exact) mass is 435 g/mol. The predicted molar refractivity (Wildman–Crippen MR) is 118 cm³/mol. The van der Waals surface area contributed by atoms with Gasteiger partial charge in [0.15, 0.2) is 0 Å². The van der Waals surface area contributed by atoms with Crippen LogP contribution in [0.4, 0.5) is 5.69 Å². The number of nitrogens with zero attached hydrogens (tertiary/aromatic N) is 2. The summed E-state index contributed by atoms with van der Waals surface area (Å²) in [4.78, 5) is 28.2. The average molecular weight is 436 g/mol. The SMILES string of the molecule is Cc1cc(C)cc(N2C(=O)CN(S(C)(=O)=O)CC2(C)C(=O)NC2CCCCCC2)c1. The minimum absolute atomic E-state index is 0.0571. The standard InChI is InChI=1S/C22H33N3O4S/c1-16-11-17(2)13-19(12-16)25-20(26)14-24(30(4,28)29)15-22(25,3)21(27)23-18-9-7-5-6-8-10-18/h11-13,18H,5-10,14-15H2,1-4H3,(H,23,27). The molecule has 1 N–H and O–H groups in total. The summed E-state index contributed by atoms with van der Waals surface area (Å²) in [5, 5.41) is 3.14. The predicted octanol–water partition coefficient (Wildman–Crippen LogP) is 2.51. The Hall–Kier alpha value is -1.93. The molecule has 3 rings (SSSR count). The zero-order valence-corrected chi connectivity index (χ0v) is 19.2. The molecule has 0 spiro atoms. The Morgan fingerprint density at radius 2 is 1.63 bits per heavy atom. The van der Waals surface area contributed by atoms with Gasteiger partial charge in [0, 0.05) is 18.3 Å². The summed E-state index contributed by atoms with van der Waals surface area (Å²) in [6, 6.07) is 5.81. The maximum absolute atomic E-state index is 13.5. The Morgan fingerprint density at radius 3 is 2.17 bits per heavy atom. The largest absolute Gasteiger partial charge is 0.351 e. The Bertz CT molecular complexity index is 902. The summed E-state index contributed by atoms with van der Waals surface area (Å²) < 4.78 is 25.6. The van der Waals surface area contributed by atoms with Gasteiger partial charge in [-0.05, 0) is 56.9 Å². The summed E-state index contributed by atoms with van der Waals surface area (Å²) >= 11 is 0. The number of nitrogens with one attached hydrogen (secondary N) is 1. The van der Waals surface area contributed by atoms with Gasteiger partial charge in [-0.3, -0.25) is 14.5 Å². The van der Waals surface area contributed by atoms with Crippen LogP contribution in [0.3, 0.4) is 0 Å². The average Bonchev–Trinajstić information content (AvgIpc) is 2.88. The van der Waals surface area contributed by atoms with Gasteiger partial charge in [0.2, 0.25) is 21.8 Å². The van der Waals surface area contributed by atoms with Crippen molar-refractivity contribution < 1.29 is 18.0 Å². The molecule has 1 aliphatic carbocycles. The summed E-state index contributed by atoms with van der Waals surface area (Å²) in [5.74, 6) is -0.689. The third-order valence-electron chi connectivity index (χ3n) is 6.15. The molecule has 7 nitrogen and oxygen atoms in total. The second kappa shape index (κ2) is 8.67. The van der Waals surface area contributed by atoms with Crippen LogP contribution in [-0.2, 0) is 19.6 Å². The maximum Gasteiger partial charge on any atom is 0.247 e. The van der Waals surface area contributed by atoms with Gasteiger partial charge in [0.05, 0.1) is 12.8 Å². The number of piperazine rings is 1. The number of sulfonamides is 1. The Balaban J connectivity index is 1.99. The van der Waals surface area contributed by atoms with Crippen molar-refractivity contribution in [1.29, 1.82) is 0 Å². The summed E-state index contributed by atoms with van der Waals surface area (Å²) in [6.07, 6.45) is 7.37. The lowest BCUT2D eigenvalue weighted by atomic mass is 9.93. The van der Waals surface area contributed by atoms with Crippen LogP contribution >= 0.6 is 0 Å². The van der Waals surface area contributed by atoms with Gasteiger partial charge >= 0.3 is 0 Å². The number of aryl methyl sites for hydroxylation is 2. The number of hydrogen-bond donors (Lipinski definition) is 1. The zero-order chi connectivity index (χ0) is 22.1. The second-order valence-corrected chi connectivity index (χ2v) is 11.0. The fraction of sp³-hybridized carbons (Fsp3) is 0.636. The molecular formula is C22H33N3O4S. The topological polar surface area (TPSA) is 86.8 Å². The number of carbonyl (C=O) groups excluding carboxylic acids is 2. The molecule has 2 aliphatic rings. The van der Waals surface area contributed by atoms with Crippen LogP contribution in [0.25, 0.3) is 0 Å². The molecule has 1 atom stereocenters. The lowest BCUT2D eigenvalue weighted by molar-refractivity contribution is -0.133. The minimum Gasteiger partial charge on any atom is -0.351 e. The number of benzene rings is 1. The summed E-state index contributed by atoms with van der Waals surface area (Å²) in [6.45, 7) is 5.22. The van der Waals surface area contributed by atoms with Crippen molar-refractivity contribution in [1.82, 2.24) is 9.62 Å². The smallest absolute Gasteiger partial charge is 0.247 e. The molecule has 1 aromatic carbocycles. The van der Waals surface area contributed by atoms with E-state index in [1.165, 1.54) is 17.7 Å². The van der Waals surface area contributed by atoms with E-state index in [1.54, 1.807) is 6.92 Å². The van der Waals surface area contributed by atoms with Crippen molar-refractivity contribution in [2.45, 2.75) is 70.9 Å². The Kier molecular flexibility index (Phi) is 6.57. The molecule has 1 heterocycles. The van der Waals surface area contributed by atoms with Crippen LogP contribution in [-0.4, -0.2) is 55.5 Å². The third kappa shape index (κ3) is 4.86. The first-order chi connectivity index (χ1) is 14.0. The van der Waals surface area contributed by atoms with Crippen LogP contribution in [0.15, 0.2) is 18.2 Å². The molecule has 1 saturated carbocycles. The van der Waals surface area contributed by atoms with Crippen molar-refractivity contribution in [3.8, 4) is 0 Å². The number of anilines is 1. The van der Waals surface area contributed by atoms with E-state index < -0.39 is 21.5 Å². The van der Waals surface area contributed by atoms with Gasteiger partial charge in [0.1, 0.15) is 5.54 Å². The molecule has 0 aromatic heterocycles. The molecule has 1 aromatic rings. The van der Waals surface area contributed by atoms with Crippen LogP contribution in [0.1, 0.15) is 56.6 Å². The molecule has 2 amide bonds. The highest BCUT2D eigenvalue weighted by Gasteiger charge is 2.50. The maximum atomic E-state index is 13.5. The lowest BCUT2D eigenvalue weighted by Gasteiger charge is -2.47. The molecule has 166 valence electrons. The molecule has 0 bridgehead atoms. The normalized spacial score (nSPS) is 24.5. The number of rotatable bonds is 4. The number of hydrogen-bond acceptors (Lipinski definition) is 4. The van der Waals surface area contributed by atoms with E-state index >= 15 is 0 Å². The van der Waals surface area contributed by atoms with Crippen molar-refractivity contribution in [3.63, 3.8) is 0 Å². The van der Waals surface area contributed by atoms with E-state index in [4.69, 9.17) is 0 Å². The summed E-state index contributed by atoms with van der Waals surface area (Å²) in [5.41, 5.74) is 1.26. The fourth-order valence-electron chi connectivity index (χ4n) is 4.65. The van der Waals surface area contributed by atoms with Crippen molar-refractivity contribution in [3.05, 3.63) is 29.3 Å². The Morgan fingerprint density at radius 1 is 1.07 bits per heavy atom. The van der Waals surface area contributed by atoms with Gasteiger partial charge < -0.3 is 5.32 Å². The molecule has 8 heteroatoms. The first-order valence-corrected chi connectivity index (χ1v) is 12.5. The van der Waals surface area contributed by atoms with E-state index in [1.807, 2.05) is 32.0 Å². The molecule has 1 saturated heterocycles. The first kappa shape index (κ1) is 22.7. The molecule has 1 unspecified atom stereocenters. The molecule has 30 heavy (non-hydrogen) atoms. The highest BCUT2D eigenvalue weighted by Crippen LogP contribution is 2.32. The molecule has 0 radical (unpaired) electrons. The number of amides is 2. The van der Waals surface area contributed by atoms with Crippen molar-refractivity contribution in [2.24, 2.45) is 0 Å². The van der Waals surface area contributed by atoms with Gasteiger partial charge in [-0.2, -0.15) is 4.31 Å². The van der Waals surface area contributed by atoms with Crippen molar-refractivity contribution >= 4 is 27.5 Å². The minimum atomic E-state index is -3.62. The lowest BCUT2D eigenvalue weighted by Crippen LogP contribution is -2.70. The van der Waals surface area contributed by atoms with Gasteiger partial charge in [-0.1, -0.05) is 31.7 Å². The van der Waals surface area contributed by atoms with Crippen molar-refractivity contribution in [2.75, 3.05) is 24.2 Å². The zero-order valence-electron chi connectivity index (χ0n) is 18.4. The first-order valence-electron chi connectivity index (χ1n) is 10.7.